The number of carbonyl (C=O) groups is 1. The minimum atomic E-state index is -3.75. The number of methoxy groups -OCH3 is 1. The highest BCUT2D eigenvalue weighted by Gasteiger charge is 2.16. The van der Waals surface area contributed by atoms with Crippen LogP contribution in [0.15, 0.2) is 12.1 Å². The number of aromatic nitrogens is 1. The van der Waals surface area contributed by atoms with Crippen molar-refractivity contribution in [1.29, 1.82) is 0 Å². The molecular weight excluding hydrogens is 272 g/mol. The van der Waals surface area contributed by atoms with Crippen LogP contribution in [0.5, 0.6) is 11.6 Å². The van der Waals surface area contributed by atoms with Crippen LogP contribution in [0.1, 0.15) is 24.3 Å². The van der Waals surface area contributed by atoms with Gasteiger partial charge < -0.3 is 14.2 Å². The van der Waals surface area contributed by atoms with Crippen LogP contribution >= 0.6 is 0 Å². The Morgan fingerprint density at radius 1 is 1.37 bits per heavy atom. The van der Waals surface area contributed by atoms with E-state index in [0.29, 0.717) is 0 Å². The number of hydrogen-bond donors (Lipinski definition) is 1. The summed E-state index contributed by atoms with van der Waals surface area (Å²) in [7, 11) is -2.40. The molecule has 0 bridgehead atoms. The number of nitrogens with zero attached hydrogens (tertiary/aromatic N) is 1. The normalized spacial score (nSPS) is 11.2. The van der Waals surface area contributed by atoms with E-state index in [4.69, 9.17) is 4.74 Å². The molecular formula is C11H16N2O5S. The van der Waals surface area contributed by atoms with Gasteiger partial charge in [0.25, 0.3) is 11.8 Å². The Labute approximate surface area is 112 Å². The first kappa shape index (κ1) is 15.2. The molecule has 0 atom stereocenters. The maximum Gasteiger partial charge on any atom is 0.307 e. The van der Waals surface area contributed by atoms with Gasteiger partial charge in [0, 0.05) is 6.04 Å². The van der Waals surface area contributed by atoms with Gasteiger partial charge in [-0.25, -0.2) is 4.98 Å². The molecule has 0 aliphatic heterocycles. The number of hydrogen-bond acceptors (Lipinski definition) is 6. The van der Waals surface area contributed by atoms with Gasteiger partial charge in [0.2, 0.25) is 0 Å². The van der Waals surface area contributed by atoms with Crippen molar-refractivity contribution in [3.8, 4) is 11.6 Å². The van der Waals surface area contributed by atoms with Gasteiger partial charge in [-0.15, -0.1) is 0 Å². The highest BCUT2D eigenvalue weighted by molar-refractivity contribution is 7.86. The van der Waals surface area contributed by atoms with Crippen molar-refractivity contribution in [2.24, 2.45) is 0 Å². The van der Waals surface area contributed by atoms with Gasteiger partial charge in [-0.05, 0) is 26.0 Å². The van der Waals surface area contributed by atoms with Crippen molar-refractivity contribution in [3.05, 3.63) is 17.8 Å². The van der Waals surface area contributed by atoms with Crippen LogP contribution in [0.2, 0.25) is 0 Å². The molecule has 0 radical (unpaired) electrons. The molecule has 1 amide bonds. The molecule has 0 aliphatic rings. The number of nitrogens with one attached hydrogen (secondary N) is 1. The minimum Gasteiger partial charge on any atom is -0.491 e. The van der Waals surface area contributed by atoms with Gasteiger partial charge in [-0.1, -0.05) is 0 Å². The molecule has 1 rings (SSSR count). The summed E-state index contributed by atoms with van der Waals surface area (Å²) in [6, 6.07) is 2.78. The fourth-order valence-corrected chi connectivity index (χ4v) is 1.65. The van der Waals surface area contributed by atoms with Gasteiger partial charge in [0.1, 0.15) is 5.69 Å². The lowest BCUT2D eigenvalue weighted by atomic mass is 10.3. The van der Waals surface area contributed by atoms with Crippen LogP contribution in [0, 0.1) is 0 Å². The minimum absolute atomic E-state index is 0.0492. The Morgan fingerprint density at radius 2 is 2.00 bits per heavy atom. The SMILES string of the molecule is COc1ccc(C(=O)NC(C)C)nc1OS(C)(=O)=O. The number of pyridine rings is 1. The van der Waals surface area contributed by atoms with E-state index in [1.165, 1.54) is 19.2 Å². The third kappa shape index (κ3) is 4.74. The lowest BCUT2D eigenvalue weighted by molar-refractivity contribution is 0.0937. The lowest BCUT2D eigenvalue weighted by Crippen LogP contribution is -2.30. The van der Waals surface area contributed by atoms with E-state index in [9.17, 15) is 13.2 Å². The molecule has 1 aromatic rings. The predicted octanol–water partition coefficient (Wildman–Crippen LogP) is 0.567. The van der Waals surface area contributed by atoms with Crippen molar-refractivity contribution < 1.29 is 22.1 Å². The molecule has 7 nitrogen and oxygen atoms in total. The summed E-state index contributed by atoms with van der Waals surface area (Å²) in [4.78, 5) is 15.6. The van der Waals surface area contributed by atoms with Crippen LogP contribution in [-0.4, -0.2) is 38.7 Å². The molecule has 1 heterocycles. The molecule has 19 heavy (non-hydrogen) atoms. The molecule has 0 unspecified atom stereocenters. The van der Waals surface area contributed by atoms with E-state index in [0.717, 1.165) is 6.26 Å². The second-order valence-electron chi connectivity index (χ2n) is 4.12. The molecule has 1 aromatic heterocycles. The first-order valence-electron chi connectivity index (χ1n) is 5.48. The third-order valence-electron chi connectivity index (χ3n) is 1.93. The summed E-state index contributed by atoms with van der Waals surface area (Å²) < 4.78 is 31.8. The van der Waals surface area contributed by atoms with Crippen LogP contribution in [0.4, 0.5) is 0 Å². The first-order chi connectivity index (χ1) is 8.73. The summed E-state index contributed by atoms with van der Waals surface area (Å²) in [5, 5.41) is 2.64. The molecule has 0 aliphatic carbocycles. The van der Waals surface area contributed by atoms with Crippen LogP contribution < -0.4 is 14.2 Å². The second-order valence-corrected chi connectivity index (χ2v) is 5.69. The van der Waals surface area contributed by atoms with Gasteiger partial charge in [-0.2, -0.15) is 8.42 Å². The van der Waals surface area contributed by atoms with Crippen LogP contribution in [0.3, 0.4) is 0 Å². The van der Waals surface area contributed by atoms with Crippen molar-refractivity contribution in [2.45, 2.75) is 19.9 Å². The zero-order chi connectivity index (χ0) is 14.6. The van der Waals surface area contributed by atoms with E-state index < -0.39 is 16.0 Å². The Morgan fingerprint density at radius 3 is 2.47 bits per heavy atom. The highest BCUT2D eigenvalue weighted by atomic mass is 32.2. The summed E-state index contributed by atoms with van der Waals surface area (Å²) in [6.07, 6.45) is 0.884. The second kappa shape index (κ2) is 5.87. The maximum atomic E-state index is 11.8. The quantitative estimate of drug-likeness (QED) is 0.796. The van der Waals surface area contributed by atoms with Gasteiger partial charge in [0.05, 0.1) is 13.4 Å². The molecule has 0 aromatic carbocycles. The van der Waals surface area contributed by atoms with E-state index in [-0.39, 0.29) is 23.4 Å². The van der Waals surface area contributed by atoms with Crippen molar-refractivity contribution >= 4 is 16.0 Å². The number of ether oxygens (including phenoxy) is 1. The van der Waals surface area contributed by atoms with Crippen LogP contribution in [0.25, 0.3) is 0 Å². The zero-order valence-electron chi connectivity index (χ0n) is 11.1. The van der Waals surface area contributed by atoms with Crippen molar-refractivity contribution in [2.75, 3.05) is 13.4 Å². The fourth-order valence-electron chi connectivity index (χ4n) is 1.25. The van der Waals surface area contributed by atoms with Crippen LogP contribution in [-0.2, 0) is 10.1 Å². The summed E-state index contributed by atoms with van der Waals surface area (Å²) in [5.74, 6) is -0.552. The highest BCUT2D eigenvalue weighted by Crippen LogP contribution is 2.25. The number of rotatable bonds is 5. The molecule has 0 saturated carbocycles. The molecule has 0 spiro atoms. The average molecular weight is 288 g/mol. The van der Waals surface area contributed by atoms with Gasteiger partial charge in [0.15, 0.2) is 5.75 Å². The van der Waals surface area contributed by atoms with E-state index in [1.54, 1.807) is 13.8 Å². The topological polar surface area (TPSA) is 94.6 Å². The Bertz CT molecular complexity index is 568. The molecule has 8 heteroatoms. The first-order valence-corrected chi connectivity index (χ1v) is 7.30. The molecule has 0 saturated heterocycles. The Balaban J connectivity index is 3.11. The average Bonchev–Trinajstić information content (AvgIpc) is 2.25. The summed E-state index contributed by atoms with van der Waals surface area (Å²) in [6.45, 7) is 3.60. The third-order valence-corrected chi connectivity index (χ3v) is 2.39. The van der Waals surface area contributed by atoms with Gasteiger partial charge in [-0.3, -0.25) is 4.79 Å². The number of amides is 1. The van der Waals surface area contributed by atoms with Crippen molar-refractivity contribution in [3.63, 3.8) is 0 Å². The van der Waals surface area contributed by atoms with Gasteiger partial charge >= 0.3 is 10.1 Å². The number of carbonyl (C=O) groups excluding carboxylic acids is 1. The van der Waals surface area contributed by atoms with E-state index in [2.05, 4.69) is 14.5 Å². The molecule has 1 N–H and O–H groups in total. The smallest absolute Gasteiger partial charge is 0.307 e. The largest absolute Gasteiger partial charge is 0.491 e. The Kier molecular flexibility index (Phi) is 4.71. The van der Waals surface area contributed by atoms with Crippen molar-refractivity contribution in [1.82, 2.24) is 10.3 Å². The lowest BCUT2D eigenvalue weighted by Gasteiger charge is -2.11. The maximum absolute atomic E-state index is 11.8. The standard InChI is InChI=1S/C11H16N2O5S/c1-7(2)12-10(14)8-5-6-9(17-3)11(13-8)18-19(4,15)16/h5-7H,1-4H3,(H,12,14). The monoisotopic (exact) mass is 288 g/mol. The van der Waals surface area contributed by atoms with E-state index >= 15 is 0 Å². The molecule has 0 fully saturated rings. The predicted molar refractivity (Wildman–Crippen MR) is 68.9 cm³/mol. The molecule has 106 valence electrons. The van der Waals surface area contributed by atoms with E-state index in [1.807, 2.05) is 0 Å². The fraction of sp³-hybridized carbons (Fsp3) is 0.455. The Hall–Kier alpha value is -1.83. The zero-order valence-corrected chi connectivity index (χ0v) is 11.9. The summed E-state index contributed by atoms with van der Waals surface area (Å²) >= 11 is 0. The summed E-state index contributed by atoms with van der Waals surface area (Å²) in [5.41, 5.74) is 0.0492.